The maximum atomic E-state index is 12.8. The predicted molar refractivity (Wildman–Crippen MR) is 100 cm³/mol. The Balaban J connectivity index is 0.00000288. The largest absolute Gasteiger partial charge is 0.377 e. The number of nitrogens with zero attached hydrogens (tertiary/aromatic N) is 1. The van der Waals surface area contributed by atoms with Gasteiger partial charge in [-0.25, -0.2) is 0 Å². The highest BCUT2D eigenvalue weighted by molar-refractivity contribution is 5.85. The molecule has 0 bridgehead atoms. The van der Waals surface area contributed by atoms with Crippen LogP contribution in [0.4, 0.5) is 0 Å². The van der Waals surface area contributed by atoms with Crippen molar-refractivity contribution in [3.63, 3.8) is 0 Å². The summed E-state index contributed by atoms with van der Waals surface area (Å²) >= 11 is 0. The van der Waals surface area contributed by atoms with Gasteiger partial charge < -0.3 is 15.4 Å². The quantitative estimate of drug-likeness (QED) is 0.816. The van der Waals surface area contributed by atoms with E-state index < -0.39 is 0 Å². The first-order valence-electron chi connectivity index (χ1n) is 8.85. The Hall–Kier alpha value is -1.10. The molecule has 5 heteroatoms. The third-order valence-corrected chi connectivity index (χ3v) is 4.63. The number of ether oxygens (including phenoxy) is 1. The molecule has 2 rings (SSSR count). The highest BCUT2D eigenvalue weighted by atomic mass is 35.5. The minimum atomic E-state index is -0.0281. The molecule has 24 heavy (non-hydrogen) atoms. The monoisotopic (exact) mass is 354 g/mol. The third kappa shape index (κ3) is 5.76. The Morgan fingerprint density at radius 3 is 2.54 bits per heavy atom. The van der Waals surface area contributed by atoms with Crippen LogP contribution >= 0.6 is 12.4 Å². The molecule has 0 spiro atoms. The van der Waals surface area contributed by atoms with E-state index in [0.717, 1.165) is 38.8 Å². The van der Waals surface area contributed by atoms with E-state index in [1.54, 1.807) is 0 Å². The van der Waals surface area contributed by atoms with Gasteiger partial charge in [-0.3, -0.25) is 4.79 Å². The van der Waals surface area contributed by atoms with Crippen molar-refractivity contribution in [3.8, 4) is 0 Å². The summed E-state index contributed by atoms with van der Waals surface area (Å²) in [4.78, 5) is 14.8. The van der Waals surface area contributed by atoms with Crippen LogP contribution in [0.2, 0.25) is 0 Å². The Bertz CT molecular complexity index is 484. The van der Waals surface area contributed by atoms with Gasteiger partial charge in [0, 0.05) is 31.7 Å². The maximum absolute atomic E-state index is 12.8. The molecule has 0 aromatic heterocycles. The third-order valence-electron chi connectivity index (χ3n) is 4.63. The molecule has 1 saturated carbocycles. The molecule has 136 valence electrons. The molecule has 1 amide bonds. The number of carbonyl (C=O) groups excluding carboxylic acids is 1. The number of benzene rings is 1. The van der Waals surface area contributed by atoms with Gasteiger partial charge >= 0.3 is 0 Å². The van der Waals surface area contributed by atoms with Crippen molar-refractivity contribution in [2.45, 2.75) is 58.2 Å². The molecular weight excluding hydrogens is 324 g/mol. The lowest BCUT2D eigenvalue weighted by Gasteiger charge is -2.35. The van der Waals surface area contributed by atoms with Gasteiger partial charge in [0.2, 0.25) is 5.91 Å². The van der Waals surface area contributed by atoms with Crippen molar-refractivity contribution in [3.05, 3.63) is 35.9 Å². The van der Waals surface area contributed by atoms with E-state index in [1.807, 2.05) is 30.0 Å². The van der Waals surface area contributed by atoms with E-state index in [4.69, 9.17) is 10.5 Å². The van der Waals surface area contributed by atoms with Crippen molar-refractivity contribution in [1.29, 1.82) is 0 Å². The van der Waals surface area contributed by atoms with E-state index in [-0.39, 0.29) is 36.4 Å². The van der Waals surface area contributed by atoms with E-state index in [0.29, 0.717) is 6.54 Å². The zero-order valence-electron chi connectivity index (χ0n) is 14.8. The summed E-state index contributed by atoms with van der Waals surface area (Å²) in [6.45, 7) is 6.30. The maximum Gasteiger partial charge on any atom is 0.226 e. The average molecular weight is 355 g/mol. The Morgan fingerprint density at radius 2 is 1.96 bits per heavy atom. The van der Waals surface area contributed by atoms with Gasteiger partial charge in [0.05, 0.1) is 6.10 Å². The summed E-state index contributed by atoms with van der Waals surface area (Å²) in [6.07, 6.45) is 3.63. The van der Waals surface area contributed by atoms with Crippen LogP contribution in [0.25, 0.3) is 0 Å². The van der Waals surface area contributed by atoms with Gasteiger partial charge in [-0.1, -0.05) is 37.3 Å². The summed E-state index contributed by atoms with van der Waals surface area (Å²) in [5.74, 6) is 0.274. The first kappa shape index (κ1) is 20.9. The molecule has 3 atom stereocenters. The summed E-state index contributed by atoms with van der Waals surface area (Å²) in [6, 6.07) is 10.1. The van der Waals surface area contributed by atoms with Gasteiger partial charge in [0.25, 0.3) is 0 Å². The lowest BCUT2D eigenvalue weighted by molar-refractivity contribution is -0.138. The van der Waals surface area contributed by atoms with Crippen molar-refractivity contribution in [2.75, 3.05) is 13.2 Å². The number of hydrogen-bond donors (Lipinski definition) is 1. The second-order valence-corrected chi connectivity index (χ2v) is 6.42. The molecule has 0 heterocycles. The van der Waals surface area contributed by atoms with Crippen LogP contribution < -0.4 is 5.73 Å². The molecule has 0 saturated heterocycles. The fraction of sp³-hybridized carbons (Fsp3) is 0.632. The number of carbonyl (C=O) groups is 1. The molecule has 0 aliphatic heterocycles. The molecule has 0 radical (unpaired) electrons. The topological polar surface area (TPSA) is 55.6 Å². The molecule has 2 N–H and O–H groups in total. The molecule has 1 aromatic carbocycles. The normalized spacial score (nSPS) is 23.4. The summed E-state index contributed by atoms with van der Waals surface area (Å²) in [7, 11) is 0. The fourth-order valence-corrected chi connectivity index (χ4v) is 3.29. The van der Waals surface area contributed by atoms with Crippen LogP contribution in [-0.2, 0) is 16.1 Å². The highest BCUT2D eigenvalue weighted by Gasteiger charge is 2.34. The predicted octanol–water partition coefficient (Wildman–Crippen LogP) is 3.38. The van der Waals surface area contributed by atoms with Gasteiger partial charge in [-0.05, 0) is 38.2 Å². The SMILES string of the molecule is CCCO[C@@H]1CC[C@H](C(=O)N(CC)Cc2ccccc2)C[C@H]1N.Cl. The van der Waals surface area contributed by atoms with Gasteiger partial charge in [0.15, 0.2) is 0 Å². The molecule has 4 nitrogen and oxygen atoms in total. The smallest absolute Gasteiger partial charge is 0.226 e. The molecule has 1 aromatic rings. The zero-order chi connectivity index (χ0) is 16.7. The first-order chi connectivity index (χ1) is 11.2. The summed E-state index contributed by atoms with van der Waals surface area (Å²) in [5.41, 5.74) is 7.42. The molecule has 0 unspecified atom stereocenters. The zero-order valence-corrected chi connectivity index (χ0v) is 15.6. The van der Waals surface area contributed by atoms with Crippen molar-refractivity contribution < 1.29 is 9.53 Å². The van der Waals surface area contributed by atoms with Crippen molar-refractivity contribution in [1.82, 2.24) is 4.90 Å². The number of rotatable bonds is 7. The number of amides is 1. The number of hydrogen-bond acceptors (Lipinski definition) is 3. The highest BCUT2D eigenvalue weighted by Crippen LogP contribution is 2.27. The Labute approximate surface area is 152 Å². The molecule has 1 aliphatic rings. The van der Waals surface area contributed by atoms with Crippen molar-refractivity contribution in [2.24, 2.45) is 11.7 Å². The molecule has 1 fully saturated rings. The van der Waals surface area contributed by atoms with Crippen LogP contribution in [0, 0.1) is 5.92 Å². The van der Waals surface area contributed by atoms with Crippen LogP contribution in [0.5, 0.6) is 0 Å². The van der Waals surface area contributed by atoms with E-state index >= 15 is 0 Å². The lowest BCUT2D eigenvalue weighted by Crippen LogP contribution is -2.47. The Kier molecular flexibility index (Phi) is 9.34. The second kappa shape index (κ2) is 10.7. The Morgan fingerprint density at radius 1 is 1.25 bits per heavy atom. The van der Waals surface area contributed by atoms with Crippen LogP contribution in [0.1, 0.15) is 45.1 Å². The van der Waals surface area contributed by atoms with E-state index in [1.165, 1.54) is 5.56 Å². The minimum absolute atomic E-state index is 0. The second-order valence-electron chi connectivity index (χ2n) is 6.42. The minimum Gasteiger partial charge on any atom is -0.377 e. The van der Waals surface area contributed by atoms with E-state index in [9.17, 15) is 4.79 Å². The first-order valence-corrected chi connectivity index (χ1v) is 8.85. The lowest BCUT2D eigenvalue weighted by atomic mass is 9.83. The van der Waals surface area contributed by atoms with Crippen LogP contribution in [0.15, 0.2) is 30.3 Å². The van der Waals surface area contributed by atoms with Gasteiger partial charge in [-0.2, -0.15) is 0 Å². The number of halogens is 1. The average Bonchev–Trinajstić information content (AvgIpc) is 2.59. The fourth-order valence-electron chi connectivity index (χ4n) is 3.29. The van der Waals surface area contributed by atoms with Crippen LogP contribution in [-0.4, -0.2) is 36.1 Å². The molecular formula is C19H31ClN2O2. The summed E-state index contributed by atoms with van der Waals surface area (Å²) < 4.78 is 5.80. The van der Waals surface area contributed by atoms with Gasteiger partial charge in [0.1, 0.15) is 0 Å². The van der Waals surface area contributed by atoms with E-state index in [2.05, 4.69) is 19.1 Å². The number of nitrogens with two attached hydrogens (primary N) is 1. The van der Waals surface area contributed by atoms with Crippen molar-refractivity contribution >= 4 is 18.3 Å². The van der Waals surface area contributed by atoms with Gasteiger partial charge in [-0.15, -0.1) is 12.4 Å². The summed E-state index contributed by atoms with van der Waals surface area (Å²) in [5, 5.41) is 0. The standard InChI is InChI=1S/C19H30N2O2.ClH/c1-3-12-23-18-11-10-16(13-17(18)20)19(22)21(4-2)14-15-8-6-5-7-9-15;/h5-9,16-18H,3-4,10-14,20H2,1-2H3;1H/t16-,17+,18+;/m0./s1. The van der Waals surface area contributed by atoms with Crippen LogP contribution in [0.3, 0.4) is 0 Å². The molecule has 1 aliphatic carbocycles.